The summed E-state index contributed by atoms with van der Waals surface area (Å²) >= 11 is 1.77. The third kappa shape index (κ3) is 3.11. The molecule has 0 amide bonds. The molecule has 0 aliphatic heterocycles. The molecule has 17 heavy (non-hydrogen) atoms. The molecule has 0 aliphatic carbocycles. The fourth-order valence-corrected chi connectivity index (χ4v) is 2.61. The first-order valence-electron chi connectivity index (χ1n) is 5.64. The lowest BCUT2D eigenvalue weighted by atomic mass is 10.2. The minimum Gasteiger partial charge on any atom is -0.392 e. The predicted octanol–water partition coefficient (Wildman–Crippen LogP) is 3.95. The van der Waals surface area contributed by atoms with Gasteiger partial charge in [-0.15, -0.1) is 0 Å². The second-order valence-electron chi connectivity index (χ2n) is 4.17. The summed E-state index contributed by atoms with van der Waals surface area (Å²) in [6.07, 6.45) is 0. The molecule has 0 aliphatic rings. The highest BCUT2D eigenvalue weighted by Gasteiger charge is 2.01. The average Bonchev–Trinajstić information content (AvgIpc) is 2.35. The van der Waals surface area contributed by atoms with Gasteiger partial charge in [0.15, 0.2) is 0 Å². The van der Waals surface area contributed by atoms with Crippen molar-refractivity contribution in [2.24, 2.45) is 0 Å². The van der Waals surface area contributed by atoms with Crippen molar-refractivity contribution in [2.75, 3.05) is 0 Å². The van der Waals surface area contributed by atoms with E-state index in [1.54, 1.807) is 11.8 Å². The zero-order valence-electron chi connectivity index (χ0n) is 10.1. The molecule has 0 unspecified atom stereocenters. The largest absolute Gasteiger partial charge is 0.392 e. The third-order valence-electron chi connectivity index (χ3n) is 2.68. The van der Waals surface area contributed by atoms with E-state index in [1.165, 1.54) is 20.9 Å². The average molecular weight is 244 g/mol. The van der Waals surface area contributed by atoms with Gasteiger partial charge in [-0.2, -0.15) is 0 Å². The van der Waals surface area contributed by atoms with Crippen molar-refractivity contribution < 1.29 is 5.11 Å². The molecule has 0 saturated heterocycles. The molecule has 1 nitrogen and oxygen atoms in total. The van der Waals surface area contributed by atoms with E-state index in [4.69, 9.17) is 5.11 Å². The molecule has 2 rings (SSSR count). The molecule has 0 bridgehead atoms. The Kier molecular flexibility index (Phi) is 3.87. The highest BCUT2D eigenvalue weighted by Crippen LogP contribution is 2.30. The van der Waals surface area contributed by atoms with Gasteiger partial charge in [0.2, 0.25) is 0 Å². The number of aryl methyl sites for hydroxylation is 2. The Hall–Kier alpha value is -1.25. The van der Waals surface area contributed by atoms with E-state index in [9.17, 15) is 0 Å². The van der Waals surface area contributed by atoms with Crippen LogP contribution in [0, 0.1) is 13.8 Å². The molecule has 2 heteroatoms. The van der Waals surface area contributed by atoms with Crippen molar-refractivity contribution in [2.45, 2.75) is 30.2 Å². The molecule has 0 spiro atoms. The Morgan fingerprint density at radius 2 is 1.71 bits per heavy atom. The minimum absolute atomic E-state index is 0.106. The topological polar surface area (TPSA) is 20.2 Å². The summed E-state index contributed by atoms with van der Waals surface area (Å²) in [5.74, 6) is 0. The smallest absolute Gasteiger partial charge is 0.0681 e. The van der Waals surface area contributed by atoms with Crippen LogP contribution in [0.4, 0.5) is 0 Å². The molecule has 0 aromatic heterocycles. The van der Waals surface area contributed by atoms with Crippen LogP contribution in [0.15, 0.2) is 52.3 Å². The van der Waals surface area contributed by atoms with Gasteiger partial charge in [0, 0.05) is 9.79 Å². The summed E-state index contributed by atoms with van der Waals surface area (Å²) in [6.45, 7) is 4.34. The first-order chi connectivity index (χ1) is 8.19. The van der Waals surface area contributed by atoms with Crippen molar-refractivity contribution in [3.8, 4) is 0 Å². The molecule has 0 atom stereocenters. The van der Waals surface area contributed by atoms with Crippen molar-refractivity contribution in [1.82, 2.24) is 0 Å². The van der Waals surface area contributed by atoms with Gasteiger partial charge >= 0.3 is 0 Å². The molecular formula is C15H16OS. The third-order valence-corrected chi connectivity index (χ3v) is 3.84. The Labute approximate surface area is 107 Å². The van der Waals surface area contributed by atoms with Gasteiger partial charge in [-0.1, -0.05) is 36.0 Å². The second-order valence-corrected chi connectivity index (χ2v) is 5.29. The summed E-state index contributed by atoms with van der Waals surface area (Å²) in [7, 11) is 0. The molecule has 88 valence electrons. The summed E-state index contributed by atoms with van der Waals surface area (Å²) in [5, 5.41) is 8.99. The SMILES string of the molecule is Cc1ccc(C)c(Sc2ccc(CO)cc2)c1. The number of aliphatic hydroxyl groups excluding tert-OH is 1. The van der Waals surface area contributed by atoms with Crippen molar-refractivity contribution in [3.63, 3.8) is 0 Å². The van der Waals surface area contributed by atoms with Crippen LogP contribution >= 0.6 is 11.8 Å². The van der Waals surface area contributed by atoms with E-state index in [0.29, 0.717) is 0 Å². The van der Waals surface area contributed by atoms with Crippen LogP contribution in [0.3, 0.4) is 0 Å². The molecular weight excluding hydrogens is 228 g/mol. The maximum Gasteiger partial charge on any atom is 0.0681 e. The van der Waals surface area contributed by atoms with E-state index in [-0.39, 0.29) is 6.61 Å². The van der Waals surface area contributed by atoms with E-state index < -0.39 is 0 Å². The van der Waals surface area contributed by atoms with Crippen LogP contribution in [0.5, 0.6) is 0 Å². The maximum absolute atomic E-state index is 8.99. The lowest BCUT2D eigenvalue weighted by molar-refractivity contribution is 0.282. The van der Waals surface area contributed by atoms with Gasteiger partial charge < -0.3 is 5.11 Å². The van der Waals surface area contributed by atoms with E-state index in [1.807, 2.05) is 12.1 Å². The summed E-state index contributed by atoms with van der Waals surface area (Å²) < 4.78 is 0. The van der Waals surface area contributed by atoms with E-state index >= 15 is 0 Å². The Bertz CT molecular complexity index is 503. The molecule has 0 radical (unpaired) electrons. The summed E-state index contributed by atoms with van der Waals surface area (Å²) in [6, 6.07) is 14.5. The van der Waals surface area contributed by atoms with Crippen LogP contribution in [0.2, 0.25) is 0 Å². The quantitative estimate of drug-likeness (QED) is 0.882. The van der Waals surface area contributed by atoms with Crippen LogP contribution in [0.1, 0.15) is 16.7 Å². The van der Waals surface area contributed by atoms with Gasteiger partial charge in [0.1, 0.15) is 0 Å². The standard InChI is InChI=1S/C15H16OS/c1-11-3-4-12(2)15(9-11)17-14-7-5-13(10-16)6-8-14/h3-9,16H,10H2,1-2H3. The van der Waals surface area contributed by atoms with Gasteiger partial charge in [0.05, 0.1) is 6.61 Å². The normalized spacial score (nSPS) is 10.5. The number of hydrogen-bond acceptors (Lipinski definition) is 2. The molecule has 0 saturated carbocycles. The van der Waals surface area contributed by atoms with Crippen LogP contribution < -0.4 is 0 Å². The molecule has 1 N–H and O–H groups in total. The minimum atomic E-state index is 0.106. The van der Waals surface area contributed by atoms with Crippen molar-refractivity contribution in [3.05, 3.63) is 59.2 Å². The van der Waals surface area contributed by atoms with Crippen molar-refractivity contribution >= 4 is 11.8 Å². The Morgan fingerprint density at radius 3 is 2.35 bits per heavy atom. The maximum atomic E-state index is 8.99. The second kappa shape index (κ2) is 5.39. The highest BCUT2D eigenvalue weighted by atomic mass is 32.2. The Morgan fingerprint density at radius 1 is 1.00 bits per heavy atom. The van der Waals surface area contributed by atoms with Crippen molar-refractivity contribution in [1.29, 1.82) is 0 Å². The predicted molar refractivity (Wildman–Crippen MR) is 72.4 cm³/mol. The number of benzene rings is 2. The number of hydrogen-bond donors (Lipinski definition) is 1. The van der Waals surface area contributed by atoms with Crippen LogP contribution in [-0.2, 0) is 6.61 Å². The monoisotopic (exact) mass is 244 g/mol. The first-order valence-corrected chi connectivity index (χ1v) is 6.45. The van der Waals surface area contributed by atoms with E-state index in [2.05, 4.69) is 44.2 Å². The van der Waals surface area contributed by atoms with Crippen LogP contribution in [0.25, 0.3) is 0 Å². The Balaban J connectivity index is 2.22. The zero-order chi connectivity index (χ0) is 12.3. The summed E-state index contributed by atoms with van der Waals surface area (Å²) in [5.41, 5.74) is 3.53. The molecule has 0 fully saturated rings. The highest BCUT2D eigenvalue weighted by molar-refractivity contribution is 7.99. The van der Waals surface area contributed by atoms with E-state index in [0.717, 1.165) is 5.56 Å². The number of aliphatic hydroxyl groups is 1. The number of rotatable bonds is 3. The molecule has 0 heterocycles. The zero-order valence-corrected chi connectivity index (χ0v) is 10.9. The fourth-order valence-electron chi connectivity index (χ4n) is 1.61. The van der Waals surface area contributed by atoms with Gasteiger partial charge in [-0.3, -0.25) is 0 Å². The first kappa shape index (κ1) is 12.2. The van der Waals surface area contributed by atoms with Gasteiger partial charge in [-0.25, -0.2) is 0 Å². The lowest BCUT2D eigenvalue weighted by Gasteiger charge is -2.07. The summed E-state index contributed by atoms with van der Waals surface area (Å²) in [4.78, 5) is 2.50. The lowest BCUT2D eigenvalue weighted by Crippen LogP contribution is -1.84. The molecule has 2 aromatic rings. The van der Waals surface area contributed by atoms with Gasteiger partial charge in [0.25, 0.3) is 0 Å². The van der Waals surface area contributed by atoms with Crippen LogP contribution in [-0.4, -0.2) is 5.11 Å². The fraction of sp³-hybridized carbons (Fsp3) is 0.200. The molecule has 2 aromatic carbocycles. The van der Waals surface area contributed by atoms with Gasteiger partial charge in [-0.05, 0) is 48.7 Å².